The maximum Gasteiger partial charge on any atom is 0.224 e. The van der Waals surface area contributed by atoms with Crippen LogP contribution in [-0.4, -0.2) is 64.1 Å². The van der Waals surface area contributed by atoms with Crippen LogP contribution in [0.5, 0.6) is 5.75 Å². The highest BCUT2D eigenvalue weighted by Crippen LogP contribution is 2.38. The van der Waals surface area contributed by atoms with E-state index in [1.54, 1.807) is 4.52 Å². The Hall–Kier alpha value is -4.14. The number of hydrogen-bond acceptors (Lipinski definition) is 9. The van der Waals surface area contributed by atoms with Crippen LogP contribution in [-0.2, 0) is 16.0 Å². The van der Waals surface area contributed by atoms with E-state index >= 15 is 0 Å². The van der Waals surface area contributed by atoms with Crippen LogP contribution in [0.4, 0.5) is 23.0 Å². The third-order valence-corrected chi connectivity index (χ3v) is 6.73. The fourth-order valence-electron chi connectivity index (χ4n) is 4.98. The zero-order chi connectivity index (χ0) is 24.6. The van der Waals surface area contributed by atoms with Gasteiger partial charge in [0.15, 0.2) is 5.65 Å². The summed E-state index contributed by atoms with van der Waals surface area (Å²) in [7, 11) is 0. The molecule has 1 amide bonds. The van der Waals surface area contributed by atoms with Gasteiger partial charge in [-0.15, -0.1) is 0 Å². The monoisotopic (exact) mass is 487 g/mol. The molecule has 0 radical (unpaired) electrons. The number of aliphatic hydroxyl groups is 1. The lowest BCUT2D eigenvalue weighted by atomic mass is 10.0. The molecule has 184 valence electrons. The van der Waals surface area contributed by atoms with Crippen molar-refractivity contribution in [1.29, 1.82) is 5.26 Å². The second kappa shape index (κ2) is 9.14. The summed E-state index contributed by atoms with van der Waals surface area (Å²) >= 11 is 0. The van der Waals surface area contributed by atoms with Gasteiger partial charge >= 0.3 is 0 Å². The Balaban J connectivity index is 1.49. The van der Waals surface area contributed by atoms with E-state index in [1.165, 1.54) is 6.20 Å². The van der Waals surface area contributed by atoms with E-state index < -0.39 is 0 Å². The number of benzene rings is 1. The van der Waals surface area contributed by atoms with Gasteiger partial charge in [0.1, 0.15) is 35.6 Å². The van der Waals surface area contributed by atoms with Crippen LogP contribution in [0.1, 0.15) is 24.0 Å². The molecule has 0 saturated carbocycles. The predicted octanol–water partition coefficient (Wildman–Crippen LogP) is 2.13. The van der Waals surface area contributed by atoms with Crippen LogP contribution in [0.15, 0.2) is 36.5 Å². The molecule has 2 aromatic heterocycles. The number of nitriles is 1. The largest absolute Gasteiger partial charge is 0.487 e. The van der Waals surface area contributed by atoms with Gasteiger partial charge in [-0.1, -0.05) is 6.08 Å². The minimum Gasteiger partial charge on any atom is -0.487 e. The summed E-state index contributed by atoms with van der Waals surface area (Å²) < 4.78 is 13.7. The van der Waals surface area contributed by atoms with Crippen LogP contribution < -0.4 is 20.3 Å². The maximum absolute atomic E-state index is 12.1. The van der Waals surface area contributed by atoms with E-state index in [2.05, 4.69) is 21.8 Å². The topological polar surface area (TPSA) is 137 Å². The van der Waals surface area contributed by atoms with Crippen LogP contribution >= 0.6 is 0 Å². The van der Waals surface area contributed by atoms with Gasteiger partial charge < -0.3 is 30.1 Å². The molecule has 3 aliphatic heterocycles. The second-order valence-electron chi connectivity index (χ2n) is 9.05. The Kier molecular flexibility index (Phi) is 5.67. The van der Waals surface area contributed by atoms with Crippen LogP contribution in [0.3, 0.4) is 0 Å². The predicted molar refractivity (Wildman–Crippen MR) is 132 cm³/mol. The highest BCUT2D eigenvalue weighted by molar-refractivity contribution is 5.96. The van der Waals surface area contributed by atoms with Gasteiger partial charge in [0.2, 0.25) is 5.91 Å². The normalized spacial score (nSPS) is 22.2. The molecule has 3 aliphatic rings. The lowest BCUT2D eigenvalue weighted by molar-refractivity contribution is -0.116. The number of rotatable bonds is 1. The first-order chi connectivity index (χ1) is 17.6. The summed E-state index contributed by atoms with van der Waals surface area (Å²) in [6.45, 7) is 1.26. The quantitative estimate of drug-likeness (QED) is 0.441. The van der Waals surface area contributed by atoms with Gasteiger partial charge in [-0.2, -0.15) is 14.9 Å². The average molecular weight is 488 g/mol. The molecule has 5 heterocycles. The first-order valence-corrected chi connectivity index (χ1v) is 11.9. The number of aliphatic hydroxyl groups excluding tert-OH is 1. The molecule has 1 fully saturated rings. The van der Waals surface area contributed by atoms with Crippen molar-refractivity contribution >= 4 is 34.6 Å². The molecule has 6 rings (SSSR count). The number of nitrogens with one attached hydrogen (secondary N) is 2. The van der Waals surface area contributed by atoms with Crippen molar-refractivity contribution in [2.24, 2.45) is 0 Å². The number of nitrogens with zero attached hydrogens (tertiary/aromatic N) is 5. The third-order valence-electron chi connectivity index (χ3n) is 6.73. The maximum atomic E-state index is 12.1. The highest BCUT2D eigenvalue weighted by atomic mass is 16.5. The van der Waals surface area contributed by atoms with Crippen LogP contribution in [0.2, 0.25) is 0 Å². The van der Waals surface area contributed by atoms with Crippen LogP contribution in [0.25, 0.3) is 5.65 Å². The van der Waals surface area contributed by atoms with Gasteiger partial charge in [0.25, 0.3) is 0 Å². The standard InChI is InChI=1S/C25H25N7O4/c26-11-16-12-27-32-22-10-21(29-25(16)32)31-13-19(9-18(31)14-33)35-5-1-2-6-36-20-8-17(28-22)7-15-3-4-23(34)30-24(15)20/h1-2,7-8,10,12,18-19,28,33H,3-6,9,13-14H2,(H,30,34)/b2-1+. The Morgan fingerprint density at radius 2 is 2.08 bits per heavy atom. The molecule has 0 aliphatic carbocycles. The number of amides is 1. The average Bonchev–Trinajstić information content (AvgIpc) is 3.49. The minimum atomic E-state index is -0.159. The Bertz CT molecular complexity index is 1410. The van der Waals surface area contributed by atoms with E-state index in [-0.39, 0.29) is 24.7 Å². The molecule has 2 unspecified atom stereocenters. The Morgan fingerprint density at radius 1 is 1.19 bits per heavy atom. The Morgan fingerprint density at radius 3 is 2.94 bits per heavy atom. The molecular formula is C25H25N7O4. The molecule has 11 nitrogen and oxygen atoms in total. The molecule has 2 atom stereocenters. The summed E-state index contributed by atoms with van der Waals surface area (Å²) in [5.41, 5.74) is 3.18. The summed E-state index contributed by atoms with van der Waals surface area (Å²) in [5, 5.41) is 30.4. The zero-order valence-electron chi connectivity index (χ0n) is 19.5. The van der Waals surface area contributed by atoms with Gasteiger partial charge in [0.05, 0.1) is 37.2 Å². The van der Waals surface area contributed by atoms with E-state index in [1.807, 2.05) is 35.3 Å². The van der Waals surface area contributed by atoms with Crippen LogP contribution in [0, 0.1) is 11.3 Å². The number of aromatic nitrogens is 3. The number of anilines is 4. The van der Waals surface area contributed by atoms with Gasteiger partial charge in [0, 0.05) is 30.8 Å². The van der Waals surface area contributed by atoms with Crippen molar-refractivity contribution in [3.63, 3.8) is 0 Å². The zero-order valence-corrected chi connectivity index (χ0v) is 19.5. The molecule has 0 spiro atoms. The summed E-state index contributed by atoms with van der Waals surface area (Å²) in [6.07, 6.45) is 6.87. The third kappa shape index (κ3) is 4.00. The minimum absolute atomic E-state index is 0.0383. The van der Waals surface area contributed by atoms with Crippen molar-refractivity contribution < 1.29 is 19.4 Å². The van der Waals surface area contributed by atoms with E-state index in [4.69, 9.17) is 14.5 Å². The van der Waals surface area contributed by atoms with E-state index in [9.17, 15) is 15.2 Å². The lowest BCUT2D eigenvalue weighted by Crippen LogP contribution is -2.33. The molecule has 1 saturated heterocycles. The highest BCUT2D eigenvalue weighted by Gasteiger charge is 2.34. The number of fused-ring (bicyclic) bond motifs is 11. The first-order valence-electron chi connectivity index (χ1n) is 11.9. The number of carbonyl (C=O) groups excluding carboxylic acids is 1. The molecular weight excluding hydrogens is 462 g/mol. The van der Waals surface area contributed by atoms with E-state index in [0.717, 1.165) is 11.3 Å². The van der Waals surface area contributed by atoms with Crippen molar-refractivity contribution in [3.05, 3.63) is 47.7 Å². The molecule has 36 heavy (non-hydrogen) atoms. The van der Waals surface area contributed by atoms with Gasteiger partial charge in [-0.25, -0.2) is 4.98 Å². The number of aryl methyl sites for hydroxylation is 1. The fraction of sp³-hybridized carbons (Fsp3) is 0.360. The summed E-state index contributed by atoms with van der Waals surface area (Å²) in [5.74, 6) is 1.75. The molecule has 11 heteroatoms. The van der Waals surface area contributed by atoms with E-state index in [0.29, 0.717) is 73.3 Å². The Labute approximate surface area is 206 Å². The molecule has 1 aromatic carbocycles. The molecule has 6 bridgehead atoms. The summed E-state index contributed by atoms with van der Waals surface area (Å²) in [4.78, 5) is 18.8. The lowest BCUT2D eigenvalue weighted by Gasteiger charge is -2.25. The molecule has 3 aromatic rings. The fourth-order valence-corrected chi connectivity index (χ4v) is 4.98. The molecule has 3 N–H and O–H groups in total. The second-order valence-corrected chi connectivity index (χ2v) is 9.05. The van der Waals surface area contributed by atoms with Crippen molar-refractivity contribution in [3.8, 4) is 11.8 Å². The van der Waals surface area contributed by atoms with Crippen molar-refractivity contribution in [1.82, 2.24) is 14.6 Å². The van der Waals surface area contributed by atoms with Crippen molar-refractivity contribution in [2.75, 3.05) is 41.9 Å². The van der Waals surface area contributed by atoms with Gasteiger partial charge in [-0.05, 0) is 30.5 Å². The van der Waals surface area contributed by atoms with Gasteiger partial charge in [-0.3, -0.25) is 4.79 Å². The van der Waals surface area contributed by atoms with Crippen molar-refractivity contribution in [2.45, 2.75) is 31.4 Å². The smallest absolute Gasteiger partial charge is 0.224 e. The SMILES string of the molecule is N#Cc1cnn2c3cc(nc12)N1CC(CC1CO)OC/C=C/COc1cc(cc2c1NC(=O)CC2)N3. The first kappa shape index (κ1) is 22.3. The number of hydrogen-bond donors (Lipinski definition) is 3. The number of carbonyl (C=O) groups is 1. The number of ether oxygens (including phenoxy) is 2. The summed E-state index contributed by atoms with van der Waals surface area (Å²) in [6, 6.07) is 7.68.